The van der Waals surface area contributed by atoms with Crippen molar-refractivity contribution in [1.29, 1.82) is 0 Å². The second-order valence-electron chi connectivity index (χ2n) is 7.04. The first-order chi connectivity index (χ1) is 14.0. The minimum Gasteiger partial charge on any atom is -0.348 e. The quantitative estimate of drug-likeness (QED) is 0.799. The predicted molar refractivity (Wildman–Crippen MR) is 115 cm³/mol. The number of amides is 2. The van der Waals surface area contributed by atoms with Gasteiger partial charge < -0.3 is 10.6 Å². The van der Waals surface area contributed by atoms with E-state index >= 15 is 0 Å². The Kier molecular flexibility index (Phi) is 5.11. The van der Waals surface area contributed by atoms with Gasteiger partial charge in [0.05, 0.1) is 17.4 Å². The van der Waals surface area contributed by atoms with Gasteiger partial charge in [-0.25, -0.2) is 0 Å². The number of carbonyl (C=O) groups excluding carboxylic acids is 2. The van der Waals surface area contributed by atoms with Gasteiger partial charge >= 0.3 is 0 Å². The summed E-state index contributed by atoms with van der Waals surface area (Å²) in [7, 11) is 0. The molecule has 0 saturated carbocycles. The molecule has 1 atom stereocenters. The largest absolute Gasteiger partial charge is 0.348 e. The van der Waals surface area contributed by atoms with E-state index in [9.17, 15) is 9.59 Å². The van der Waals surface area contributed by atoms with Gasteiger partial charge in [0.1, 0.15) is 0 Å². The molecular weight excluding hydrogens is 388 g/mol. The van der Waals surface area contributed by atoms with Gasteiger partial charge in [-0.2, -0.15) is 0 Å². The fourth-order valence-corrected chi connectivity index (χ4v) is 3.65. The monoisotopic (exact) mass is 408 g/mol. The number of nitrogens with zero attached hydrogens (tertiary/aromatic N) is 2. The highest BCUT2D eigenvalue weighted by atomic mass is 35.5. The van der Waals surface area contributed by atoms with Crippen LogP contribution in [-0.2, 0) is 11.3 Å². The van der Waals surface area contributed by atoms with Crippen LogP contribution in [0.25, 0.3) is 0 Å². The molecule has 0 bridgehead atoms. The molecule has 29 heavy (non-hydrogen) atoms. The van der Waals surface area contributed by atoms with E-state index in [0.29, 0.717) is 28.7 Å². The van der Waals surface area contributed by atoms with Crippen molar-refractivity contribution < 1.29 is 9.59 Å². The SMILES string of the molecule is CCC1=CC(C)N=C2C(=O)Nc3cc(C(=O)NCc4ccc(Cl)cc4)ccc3N12. The molecule has 148 valence electrons. The Bertz CT molecular complexity index is 1040. The maximum atomic E-state index is 12.6. The number of hydrogen-bond donors (Lipinski definition) is 2. The normalized spacial score (nSPS) is 17.6. The van der Waals surface area contributed by atoms with Gasteiger partial charge in [0.25, 0.3) is 11.8 Å². The highest BCUT2D eigenvalue weighted by Gasteiger charge is 2.34. The van der Waals surface area contributed by atoms with Crippen molar-refractivity contribution in [1.82, 2.24) is 5.32 Å². The molecule has 2 aliphatic heterocycles. The summed E-state index contributed by atoms with van der Waals surface area (Å²) in [4.78, 5) is 31.5. The molecule has 6 nitrogen and oxygen atoms in total. The Morgan fingerprint density at radius 3 is 2.72 bits per heavy atom. The summed E-state index contributed by atoms with van der Waals surface area (Å²) >= 11 is 5.89. The van der Waals surface area contributed by atoms with Crippen molar-refractivity contribution in [2.45, 2.75) is 32.9 Å². The first-order valence-corrected chi connectivity index (χ1v) is 9.90. The number of nitrogens with one attached hydrogen (secondary N) is 2. The van der Waals surface area contributed by atoms with Gasteiger partial charge in [-0.15, -0.1) is 0 Å². The van der Waals surface area contributed by atoms with E-state index < -0.39 is 0 Å². The van der Waals surface area contributed by atoms with E-state index in [1.807, 2.05) is 36.9 Å². The number of hydrogen-bond acceptors (Lipinski definition) is 4. The number of aliphatic imine (C=N–C) groups is 1. The van der Waals surface area contributed by atoms with E-state index in [4.69, 9.17) is 11.6 Å². The van der Waals surface area contributed by atoms with Gasteiger partial charge in [-0.1, -0.05) is 30.7 Å². The first-order valence-electron chi connectivity index (χ1n) is 9.53. The highest BCUT2D eigenvalue weighted by Crippen LogP contribution is 2.36. The fraction of sp³-hybridized carbons (Fsp3) is 0.227. The summed E-state index contributed by atoms with van der Waals surface area (Å²) in [5, 5.41) is 6.41. The van der Waals surface area contributed by atoms with E-state index in [2.05, 4.69) is 21.7 Å². The van der Waals surface area contributed by atoms with E-state index in [0.717, 1.165) is 23.4 Å². The number of halogens is 1. The second kappa shape index (κ2) is 7.72. The lowest BCUT2D eigenvalue weighted by molar-refractivity contribution is -0.110. The van der Waals surface area contributed by atoms with Gasteiger partial charge in [0.15, 0.2) is 5.84 Å². The molecule has 4 rings (SSSR count). The Balaban J connectivity index is 1.57. The van der Waals surface area contributed by atoms with Crippen LogP contribution in [0.15, 0.2) is 59.2 Å². The molecule has 7 heteroatoms. The fourth-order valence-electron chi connectivity index (χ4n) is 3.52. The van der Waals surface area contributed by atoms with Gasteiger partial charge in [0, 0.05) is 22.8 Å². The summed E-state index contributed by atoms with van der Waals surface area (Å²) in [6.45, 7) is 4.39. The van der Waals surface area contributed by atoms with Crippen LogP contribution in [0.2, 0.25) is 5.02 Å². The molecular formula is C22H21ClN4O2. The van der Waals surface area contributed by atoms with Gasteiger partial charge in [-0.05, 0) is 55.3 Å². The van der Waals surface area contributed by atoms with Crippen molar-refractivity contribution in [3.63, 3.8) is 0 Å². The lowest BCUT2D eigenvalue weighted by Crippen LogP contribution is -2.46. The summed E-state index contributed by atoms with van der Waals surface area (Å²) in [5.41, 5.74) is 3.87. The van der Waals surface area contributed by atoms with Crippen LogP contribution in [0, 0.1) is 0 Å². The van der Waals surface area contributed by atoms with Crippen molar-refractivity contribution in [2.75, 3.05) is 10.2 Å². The van der Waals surface area contributed by atoms with E-state index in [1.165, 1.54) is 0 Å². The summed E-state index contributed by atoms with van der Waals surface area (Å²) < 4.78 is 0. The standard InChI is InChI=1S/C22H21ClN4O2/c1-3-17-10-13(2)25-20-22(29)26-18-11-15(6-9-19(18)27(17)20)21(28)24-12-14-4-7-16(23)8-5-14/h4-11,13H,3,12H2,1-2H3,(H,24,28)(H,26,29). The van der Waals surface area contributed by atoms with Crippen molar-refractivity contribution in [3.8, 4) is 0 Å². The second-order valence-corrected chi connectivity index (χ2v) is 7.47. The molecule has 2 aromatic rings. The van der Waals surface area contributed by atoms with Crippen LogP contribution < -0.4 is 15.5 Å². The Hall–Kier alpha value is -3.12. The highest BCUT2D eigenvalue weighted by molar-refractivity contribution is 6.50. The number of benzene rings is 2. The van der Waals surface area contributed by atoms with Crippen molar-refractivity contribution in [2.24, 2.45) is 4.99 Å². The molecule has 2 N–H and O–H groups in total. The number of amidine groups is 1. The topological polar surface area (TPSA) is 73.8 Å². The third-order valence-corrected chi connectivity index (χ3v) is 5.19. The molecule has 0 spiro atoms. The average Bonchev–Trinajstić information content (AvgIpc) is 2.72. The summed E-state index contributed by atoms with van der Waals surface area (Å²) in [5.74, 6) is -0.0820. The molecule has 2 aromatic carbocycles. The van der Waals surface area contributed by atoms with Gasteiger partial charge in [0.2, 0.25) is 0 Å². The van der Waals surface area contributed by atoms with Crippen molar-refractivity contribution in [3.05, 3.63) is 70.4 Å². The zero-order valence-electron chi connectivity index (χ0n) is 16.2. The molecule has 2 heterocycles. The summed E-state index contributed by atoms with van der Waals surface area (Å²) in [6, 6.07) is 12.6. The molecule has 2 amide bonds. The van der Waals surface area contributed by atoms with Crippen LogP contribution in [0.1, 0.15) is 36.2 Å². The molecule has 0 aromatic heterocycles. The zero-order valence-corrected chi connectivity index (χ0v) is 17.0. The van der Waals surface area contributed by atoms with Crippen LogP contribution >= 0.6 is 11.6 Å². The maximum absolute atomic E-state index is 12.6. The Labute approximate surface area is 174 Å². The molecule has 0 fully saturated rings. The smallest absolute Gasteiger partial charge is 0.291 e. The number of fused-ring (bicyclic) bond motifs is 3. The lowest BCUT2D eigenvalue weighted by Gasteiger charge is -2.36. The van der Waals surface area contributed by atoms with Crippen LogP contribution in [0.5, 0.6) is 0 Å². The minimum absolute atomic E-state index is 0.0404. The van der Waals surface area contributed by atoms with Gasteiger partial charge in [-0.3, -0.25) is 19.5 Å². The van der Waals surface area contributed by atoms with Crippen LogP contribution in [0.3, 0.4) is 0 Å². The predicted octanol–water partition coefficient (Wildman–Crippen LogP) is 4.12. The number of carbonyl (C=O) groups is 2. The molecule has 0 aliphatic carbocycles. The van der Waals surface area contributed by atoms with E-state index in [1.54, 1.807) is 24.3 Å². The van der Waals surface area contributed by atoms with E-state index in [-0.39, 0.29) is 17.9 Å². The number of allylic oxidation sites excluding steroid dienone is 1. The number of rotatable bonds is 4. The lowest BCUT2D eigenvalue weighted by atomic mass is 10.0. The minimum atomic E-state index is -0.262. The number of anilines is 2. The molecule has 0 saturated heterocycles. The van der Waals surface area contributed by atoms with Crippen LogP contribution in [0.4, 0.5) is 11.4 Å². The molecule has 0 radical (unpaired) electrons. The third-order valence-electron chi connectivity index (χ3n) is 4.94. The van der Waals surface area contributed by atoms with Crippen LogP contribution in [-0.4, -0.2) is 23.7 Å². The molecule has 1 unspecified atom stereocenters. The maximum Gasteiger partial charge on any atom is 0.291 e. The Morgan fingerprint density at radius 2 is 2.00 bits per heavy atom. The molecule has 2 aliphatic rings. The first kappa shape index (κ1) is 19.2. The van der Waals surface area contributed by atoms with Crippen molar-refractivity contribution >= 4 is 40.6 Å². The Morgan fingerprint density at radius 1 is 1.24 bits per heavy atom. The zero-order chi connectivity index (χ0) is 20.5. The third kappa shape index (κ3) is 3.76. The average molecular weight is 409 g/mol. The summed E-state index contributed by atoms with van der Waals surface area (Å²) in [6.07, 6.45) is 2.83.